The second kappa shape index (κ2) is 7.42. The number of rotatable bonds is 5. The number of aryl methyl sites for hydroxylation is 2. The summed E-state index contributed by atoms with van der Waals surface area (Å²) in [5.74, 6) is 2.02. The van der Waals surface area contributed by atoms with Crippen LogP contribution in [0.25, 0.3) is 16.0 Å². The Kier molecular flexibility index (Phi) is 4.99. The van der Waals surface area contributed by atoms with Crippen molar-refractivity contribution in [2.45, 2.75) is 57.9 Å². The second-order valence-corrected chi connectivity index (χ2v) is 8.46. The maximum absolute atomic E-state index is 12.4. The van der Waals surface area contributed by atoms with Crippen LogP contribution in [-0.2, 0) is 18.3 Å². The van der Waals surface area contributed by atoms with Gasteiger partial charge in [-0.15, -0.1) is 21.5 Å². The number of carbonyl (C=O) groups is 1. The largest absolute Gasteiger partial charge is 0.353 e. The smallest absolute Gasteiger partial charge is 0.272 e. The first-order chi connectivity index (χ1) is 13.1. The summed E-state index contributed by atoms with van der Waals surface area (Å²) in [4.78, 5) is 24.7. The number of aromatic nitrogens is 4. The van der Waals surface area contributed by atoms with Gasteiger partial charge in [0.25, 0.3) is 5.56 Å². The molecule has 3 heterocycles. The van der Waals surface area contributed by atoms with Crippen LogP contribution in [0.5, 0.6) is 0 Å². The molecule has 2 atom stereocenters. The van der Waals surface area contributed by atoms with Crippen LogP contribution in [0.1, 0.15) is 51.3 Å². The Hall–Kier alpha value is -2.22. The van der Waals surface area contributed by atoms with Crippen LogP contribution < -0.4 is 10.9 Å². The molecule has 0 spiro atoms. The Morgan fingerprint density at radius 3 is 2.96 bits per heavy atom. The summed E-state index contributed by atoms with van der Waals surface area (Å²) in [6.07, 6.45) is 6.61. The molecule has 1 aliphatic carbocycles. The van der Waals surface area contributed by atoms with Crippen LogP contribution in [-0.4, -0.2) is 31.1 Å². The molecule has 1 saturated carbocycles. The van der Waals surface area contributed by atoms with E-state index in [1.807, 2.05) is 15.8 Å². The monoisotopic (exact) mass is 387 g/mol. The highest BCUT2D eigenvalue weighted by Crippen LogP contribution is 2.24. The van der Waals surface area contributed by atoms with Crippen molar-refractivity contribution in [1.82, 2.24) is 24.5 Å². The lowest BCUT2D eigenvalue weighted by Gasteiger charge is -2.29. The predicted molar refractivity (Wildman–Crippen MR) is 106 cm³/mol. The number of thiophene rings is 1. The summed E-state index contributed by atoms with van der Waals surface area (Å²) in [5, 5.41) is 13.6. The summed E-state index contributed by atoms with van der Waals surface area (Å²) in [6, 6.07) is 2.25. The molecule has 4 rings (SSSR count). The summed E-state index contributed by atoms with van der Waals surface area (Å²) in [6.45, 7) is 2.23. The van der Waals surface area contributed by atoms with Crippen molar-refractivity contribution in [2.75, 3.05) is 0 Å². The molecular weight excluding hydrogens is 362 g/mol. The van der Waals surface area contributed by atoms with E-state index in [4.69, 9.17) is 0 Å². The molecule has 0 aliphatic heterocycles. The zero-order chi connectivity index (χ0) is 19.0. The number of carbonyl (C=O) groups excluding carboxylic acids is 1. The van der Waals surface area contributed by atoms with Gasteiger partial charge in [0.15, 0.2) is 0 Å². The zero-order valence-electron chi connectivity index (χ0n) is 15.8. The Labute approximate surface area is 161 Å². The second-order valence-electron chi connectivity index (χ2n) is 7.54. The van der Waals surface area contributed by atoms with E-state index < -0.39 is 0 Å². The van der Waals surface area contributed by atoms with Gasteiger partial charge >= 0.3 is 0 Å². The molecule has 0 saturated heterocycles. The molecule has 0 radical (unpaired) electrons. The Bertz CT molecular complexity index is 1030. The number of nitrogens with one attached hydrogen (secondary N) is 1. The van der Waals surface area contributed by atoms with Crippen molar-refractivity contribution in [2.24, 2.45) is 13.0 Å². The third-order valence-corrected chi connectivity index (χ3v) is 6.55. The molecule has 2 unspecified atom stereocenters. The maximum Gasteiger partial charge on any atom is 0.272 e. The summed E-state index contributed by atoms with van der Waals surface area (Å²) in [7, 11) is 1.72. The van der Waals surface area contributed by atoms with E-state index in [1.165, 1.54) is 35.2 Å². The van der Waals surface area contributed by atoms with Gasteiger partial charge in [-0.1, -0.05) is 19.8 Å². The number of hydrogen-bond donors (Lipinski definition) is 1. The highest BCUT2D eigenvalue weighted by Gasteiger charge is 2.22. The Balaban J connectivity index is 1.45. The molecule has 3 aromatic heterocycles. The standard InChI is InChI=1S/C19H25N5O2S/c1-12-6-3-4-7-13(12)20-16(25)9-5-8-15-21-22-19-23(2)18(26)17-14(24(15)19)10-11-27-17/h10-13H,3-9H2,1-2H3,(H,20,25). The summed E-state index contributed by atoms with van der Waals surface area (Å²) >= 11 is 1.43. The van der Waals surface area contributed by atoms with Crippen molar-refractivity contribution in [3.63, 3.8) is 0 Å². The van der Waals surface area contributed by atoms with Crippen molar-refractivity contribution in [3.8, 4) is 0 Å². The van der Waals surface area contributed by atoms with E-state index in [1.54, 1.807) is 7.05 Å². The Morgan fingerprint density at radius 1 is 1.33 bits per heavy atom. The van der Waals surface area contributed by atoms with Gasteiger partial charge in [-0.05, 0) is 36.6 Å². The quantitative estimate of drug-likeness (QED) is 0.730. The number of fused-ring (bicyclic) bond motifs is 3. The predicted octanol–water partition coefficient (Wildman–Crippen LogP) is 2.66. The lowest BCUT2D eigenvalue weighted by atomic mass is 9.86. The maximum atomic E-state index is 12.4. The molecule has 3 aromatic rings. The highest BCUT2D eigenvalue weighted by molar-refractivity contribution is 7.17. The van der Waals surface area contributed by atoms with Gasteiger partial charge in [-0.3, -0.25) is 18.6 Å². The van der Waals surface area contributed by atoms with E-state index in [0.717, 1.165) is 17.8 Å². The van der Waals surface area contributed by atoms with Gasteiger partial charge in [-0.25, -0.2) is 0 Å². The van der Waals surface area contributed by atoms with Gasteiger partial charge < -0.3 is 5.32 Å². The topological polar surface area (TPSA) is 81.3 Å². The average molecular weight is 388 g/mol. The van der Waals surface area contributed by atoms with Gasteiger partial charge in [-0.2, -0.15) is 0 Å². The van der Waals surface area contributed by atoms with E-state index in [2.05, 4.69) is 22.4 Å². The zero-order valence-corrected chi connectivity index (χ0v) is 16.6. The fourth-order valence-electron chi connectivity index (χ4n) is 4.03. The molecule has 1 aliphatic rings. The minimum Gasteiger partial charge on any atom is -0.353 e. The molecule has 1 N–H and O–H groups in total. The number of nitrogens with zero attached hydrogens (tertiary/aromatic N) is 4. The molecular formula is C19H25N5O2S. The van der Waals surface area contributed by atoms with Crippen LogP contribution >= 0.6 is 11.3 Å². The third kappa shape index (κ3) is 3.38. The Morgan fingerprint density at radius 2 is 2.15 bits per heavy atom. The SMILES string of the molecule is CC1CCCCC1NC(=O)CCCc1nnc2n(C)c(=O)c3sccc3n12. The van der Waals surface area contributed by atoms with Crippen LogP contribution in [0.2, 0.25) is 0 Å². The van der Waals surface area contributed by atoms with Crippen molar-refractivity contribution in [3.05, 3.63) is 27.6 Å². The first-order valence-electron chi connectivity index (χ1n) is 9.66. The molecule has 1 amide bonds. The van der Waals surface area contributed by atoms with Crippen molar-refractivity contribution in [1.29, 1.82) is 0 Å². The minimum atomic E-state index is -0.0487. The van der Waals surface area contributed by atoms with Gasteiger partial charge in [0.05, 0.1) is 5.52 Å². The number of hydrogen-bond acceptors (Lipinski definition) is 5. The normalized spacial score (nSPS) is 20.4. The van der Waals surface area contributed by atoms with Crippen molar-refractivity contribution >= 4 is 33.2 Å². The molecule has 144 valence electrons. The number of amides is 1. The molecule has 0 bridgehead atoms. The van der Waals surface area contributed by atoms with Crippen LogP contribution in [0.15, 0.2) is 16.2 Å². The van der Waals surface area contributed by atoms with E-state index in [9.17, 15) is 9.59 Å². The lowest BCUT2D eigenvalue weighted by Crippen LogP contribution is -2.40. The lowest BCUT2D eigenvalue weighted by molar-refractivity contribution is -0.122. The fourth-order valence-corrected chi connectivity index (χ4v) is 4.88. The average Bonchev–Trinajstić information content (AvgIpc) is 3.28. The molecule has 1 fully saturated rings. The van der Waals surface area contributed by atoms with Crippen LogP contribution in [0, 0.1) is 5.92 Å². The third-order valence-electron chi connectivity index (χ3n) is 5.66. The fraction of sp³-hybridized carbons (Fsp3) is 0.579. The summed E-state index contributed by atoms with van der Waals surface area (Å²) in [5.41, 5.74) is 0.797. The van der Waals surface area contributed by atoms with Gasteiger partial charge in [0.2, 0.25) is 11.7 Å². The van der Waals surface area contributed by atoms with Gasteiger partial charge in [0.1, 0.15) is 10.5 Å². The first-order valence-corrected chi connectivity index (χ1v) is 10.5. The molecule has 8 heteroatoms. The van der Waals surface area contributed by atoms with E-state index >= 15 is 0 Å². The molecule has 27 heavy (non-hydrogen) atoms. The van der Waals surface area contributed by atoms with Crippen molar-refractivity contribution < 1.29 is 4.79 Å². The molecule has 7 nitrogen and oxygen atoms in total. The molecule has 0 aromatic carbocycles. The van der Waals surface area contributed by atoms with E-state index in [0.29, 0.717) is 41.7 Å². The first kappa shape index (κ1) is 18.2. The van der Waals surface area contributed by atoms with Crippen LogP contribution in [0.3, 0.4) is 0 Å². The minimum absolute atomic E-state index is 0.0487. The summed E-state index contributed by atoms with van der Waals surface area (Å²) < 4.78 is 4.18. The van der Waals surface area contributed by atoms with E-state index in [-0.39, 0.29) is 11.5 Å². The van der Waals surface area contributed by atoms with Gasteiger partial charge in [0, 0.05) is 25.9 Å². The highest BCUT2D eigenvalue weighted by atomic mass is 32.1. The van der Waals surface area contributed by atoms with Crippen LogP contribution in [0.4, 0.5) is 0 Å².